The minimum absolute atomic E-state index is 0.103. The molecule has 0 fully saturated rings. The van der Waals surface area contributed by atoms with E-state index in [0.29, 0.717) is 17.7 Å². The number of aliphatic hydroxyl groups is 2. The quantitative estimate of drug-likeness (QED) is 0.591. The maximum atomic E-state index is 12.2. The Kier molecular flexibility index (Phi) is 7.33. The summed E-state index contributed by atoms with van der Waals surface area (Å²) in [7, 11) is 1.74. The number of hydrogen-bond donors (Lipinski definition) is 2. The topological polar surface area (TPSA) is 73.7 Å². The fourth-order valence-electron chi connectivity index (χ4n) is 1.73. The SMILES string of the molecule is CN(CCCCCO)C(=O)c1cncc(C#CCO)c1. The Hall–Kier alpha value is -1.90. The molecule has 0 radical (unpaired) electrons. The number of carbonyl (C=O) groups excluding carboxylic acids is 1. The highest BCUT2D eigenvalue weighted by atomic mass is 16.3. The summed E-state index contributed by atoms with van der Waals surface area (Å²) in [6.07, 6.45) is 5.59. The van der Waals surface area contributed by atoms with Crippen molar-refractivity contribution in [1.82, 2.24) is 9.88 Å². The first-order valence-electron chi connectivity index (χ1n) is 6.60. The predicted molar refractivity (Wildman–Crippen MR) is 76.1 cm³/mol. The lowest BCUT2D eigenvalue weighted by atomic mass is 10.1. The van der Waals surface area contributed by atoms with Crippen molar-refractivity contribution in [3.05, 3.63) is 29.6 Å². The zero-order chi connectivity index (χ0) is 14.8. The summed E-state index contributed by atoms with van der Waals surface area (Å²) in [4.78, 5) is 17.8. The molecule has 0 aliphatic heterocycles. The Morgan fingerprint density at radius 2 is 2.10 bits per heavy atom. The van der Waals surface area contributed by atoms with Crippen LogP contribution in [-0.4, -0.2) is 52.8 Å². The van der Waals surface area contributed by atoms with Gasteiger partial charge in [-0.15, -0.1) is 0 Å². The lowest BCUT2D eigenvalue weighted by Gasteiger charge is -2.16. The van der Waals surface area contributed by atoms with Crippen LogP contribution in [0.1, 0.15) is 35.2 Å². The van der Waals surface area contributed by atoms with E-state index < -0.39 is 0 Å². The number of aliphatic hydroxyl groups excluding tert-OH is 2. The molecule has 0 saturated carbocycles. The molecule has 1 rings (SSSR count). The lowest BCUT2D eigenvalue weighted by molar-refractivity contribution is 0.0791. The van der Waals surface area contributed by atoms with Gasteiger partial charge in [-0.05, 0) is 25.3 Å². The van der Waals surface area contributed by atoms with Crippen LogP contribution in [0.3, 0.4) is 0 Å². The second-order valence-electron chi connectivity index (χ2n) is 4.43. The van der Waals surface area contributed by atoms with Gasteiger partial charge >= 0.3 is 0 Å². The van der Waals surface area contributed by atoms with E-state index in [0.717, 1.165) is 19.3 Å². The summed E-state index contributed by atoms with van der Waals surface area (Å²) in [5.41, 5.74) is 1.10. The molecule has 1 aromatic heterocycles. The van der Waals surface area contributed by atoms with Crippen LogP contribution in [0.2, 0.25) is 0 Å². The molecule has 2 N–H and O–H groups in total. The van der Waals surface area contributed by atoms with Gasteiger partial charge in [0.25, 0.3) is 5.91 Å². The zero-order valence-electron chi connectivity index (χ0n) is 11.7. The Balaban J connectivity index is 2.62. The van der Waals surface area contributed by atoms with Crippen molar-refractivity contribution in [3.8, 4) is 11.8 Å². The van der Waals surface area contributed by atoms with Crippen LogP contribution < -0.4 is 0 Å². The number of rotatable bonds is 6. The van der Waals surface area contributed by atoms with Crippen molar-refractivity contribution in [2.24, 2.45) is 0 Å². The van der Waals surface area contributed by atoms with Gasteiger partial charge in [-0.3, -0.25) is 9.78 Å². The van der Waals surface area contributed by atoms with Crippen LogP contribution in [0.25, 0.3) is 0 Å². The largest absolute Gasteiger partial charge is 0.396 e. The van der Waals surface area contributed by atoms with Gasteiger partial charge in [0.1, 0.15) is 6.61 Å². The number of aromatic nitrogens is 1. The molecule has 1 aromatic rings. The molecule has 0 unspecified atom stereocenters. The molecular weight excluding hydrogens is 256 g/mol. The van der Waals surface area contributed by atoms with Crippen molar-refractivity contribution in [3.63, 3.8) is 0 Å². The smallest absolute Gasteiger partial charge is 0.255 e. The molecule has 0 aliphatic carbocycles. The summed E-state index contributed by atoms with van der Waals surface area (Å²) in [5.74, 6) is 5.15. The van der Waals surface area contributed by atoms with E-state index in [-0.39, 0.29) is 19.1 Å². The maximum Gasteiger partial charge on any atom is 0.255 e. The van der Waals surface area contributed by atoms with Gasteiger partial charge in [0.15, 0.2) is 0 Å². The van der Waals surface area contributed by atoms with Gasteiger partial charge in [-0.2, -0.15) is 0 Å². The van der Waals surface area contributed by atoms with Gasteiger partial charge in [-0.1, -0.05) is 11.8 Å². The maximum absolute atomic E-state index is 12.2. The number of unbranched alkanes of at least 4 members (excludes halogenated alkanes) is 2. The van der Waals surface area contributed by atoms with Gasteiger partial charge in [-0.25, -0.2) is 0 Å². The van der Waals surface area contributed by atoms with E-state index in [2.05, 4.69) is 16.8 Å². The third-order valence-corrected chi connectivity index (χ3v) is 2.80. The molecule has 0 spiro atoms. The first-order chi connectivity index (χ1) is 9.69. The number of nitrogens with zero attached hydrogens (tertiary/aromatic N) is 2. The average Bonchev–Trinajstić information content (AvgIpc) is 2.48. The third-order valence-electron chi connectivity index (χ3n) is 2.80. The van der Waals surface area contributed by atoms with Crippen molar-refractivity contribution >= 4 is 5.91 Å². The summed E-state index contributed by atoms with van der Waals surface area (Å²) in [5, 5.41) is 17.3. The summed E-state index contributed by atoms with van der Waals surface area (Å²) in [6.45, 7) is 0.613. The second-order valence-corrected chi connectivity index (χ2v) is 4.43. The highest BCUT2D eigenvalue weighted by Gasteiger charge is 2.11. The molecule has 0 aromatic carbocycles. The standard InChI is InChI=1S/C15H20N2O3/c1-17(7-3-2-4-8-18)15(20)14-10-13(6-5-9-19)11-16-12-14/h10-12,18-19H,2-4,7-9H2,1H3. The zero-order valence-corrected chi connectivity index (χ0v) is 11.7. The van der Waals surface area contributed by atoms with Crippen molar-refractivity contribution in [2.45, 2.75) is 19.3 Å². The molecule has 1 heterocycles. The average molecular weight is 276 g/mol. The Morgan fingerprint density at radius 3 is 2.80 bits per heavy atom. The van der Waals surface area contributed by atoms with E-state index in [4.69, 9.17) is 10.2 Å². The van der Waals surface area contributed by atoms with Crippen LogP contribution in [-0.2, 0) is 0 Å². The molecule has 0 atom stereocenters. The van der Waals surface area contributed by atoms with Crippen molar-refractivity contribution in [2.75, 3.05) is 26.8 Å². The highest BCUT2D eigenvalue weighted by molar-refractivity contribution is 5.94. The molecule has 108 valence electrons. The van der Waals surface area contributed by atoms with Gasteiger partial charge in [0.2, 0.25) is 0 Å². The van der Waals surface area contributed by atoms with E-state index >= 15 is 0 Å². The Bertz CT molecular complexity index is 491. The van der Waals surface area contributed by atoms with E-state index in [9.17, 15) is 4.79 Å². The number of carbonyl (C=O) groups is 1. The van der Waals surface area contributed by atoms with Crippen molar-refractivity contribution < 1.29 is 15.0 Å². The normalized spacial score (nSPS) is 9.75. The van der Waals surface area contributed by atoms with Gasteiger partial charge in [0.05, 0.1) is 5.56 Å². The number of pyridine rings is 1. The highest BCUT2D eigenvalue weighted by Crippen LogP contribution is 2.06. The number of hydrogen-bond acceptors (Lipinski definition) is 4. The fourth-order valence-corrected chi connectivity index (χ4v) is 1.73. The molecule has 1 amide bonds. The molecule has 5 heteroatoms. The Morgan fingerprint density at radius 1 is 1.30 bits per heavy atom. The molecular formula is C15H20N2O3. The predicted octanol–water partition coefficient (Wildman–Crippen LogP) is 0.660. The van der Waals surface area contributed by atoms with Gasteiger partial charge < -0.3 is 15.1 Å². The number of amides is 1. The monoisotopic (exact) mass is 276 g/mol. The molecule has 0 aliphatic rings. The van der Waals surface area contributed by atoms with E-state index in [1.54, 1.807) is 24.2 Å². The van der Waals surface area contributed by atoms with E-state index in [1.165, 1.54) is 6.20 Å². The molecule has 5 nitrogen and oxygen atoms in total. The van der Waals surface area contributed by atoms with Gasteiger partial charge in [0, 0.05) is 38.2 Å². The van der Waals surface area contributed by atoms with Crippen LogP contribution in [0.15, 0.2) is 18.5 Å². The molecule has 20 heavy (non-hydrogen) atoms. The molecule has 0 saturated heterocycles. The van der Waals surface area contributed by atoms with Crippen molar-refractivity contribution in [1.29, 1.82) is 0 Å². The Labute approximate surface area is 119 Å². The van der Waals surface area contributed by atoms with Crippen LogP contribution in [0.4, 0.5) is 0 Å². The van der Waals surface area contributed by atoms with Crippen LogP contribution in [0.5, 0.6) is 0 Å². The summed E-state index contributed by atoms with van der Waals surface area (Å²) < 4.78 is 0. The summed E-state index contributed by atoms with van der Waals surface area (Å²) in [6, 6.07) is 1.67. The minimum atomic E-state index is -0.219. The second kappa shape index (κ2) is 9.08. The fraction of sp³-hybridized carbons (Fsp3) is 0.467. The first kappa shape index (κ1) is 16.2. The molecule has 0 bridgehead atoms. The van der Waals surface area contributed by atoms with E-state index in [1.807, 2.05) is 0 Å². The van der Waals surface area contributed by atoms with Crippen LogP contribution in [0, 0.1) is 11.8 Å². The summed E-state index contributed by atoms with van der Waals surface area (Å²) >= 11 is 0. The van der Waals surface area contributed by atoms with Crippen LogP contribution >= 0.6 is 0 Å². The lowest BCUT2D eigenvalue weighted by Crippen LogP contribution is -2.27. The minimum Gasteiger partial charge on any atom is -0.396 e. The third kappa shape index (κ3) is 5.39. The first-order valence-corrected chi connectivity index (χ1v) is 6.60.